The van der Waals surface area contributed by atoms with Crippen molar-refractivity contribution in [2.75, 3.05) is 0 Å². The molecule has 1 aromatic carbocycles. The van der Waals surface area contributed by atoms with Crippen LogP contribution in [0.3, 0.4) is 0 Å². The van der Waals surface area contributed by atoms with Crippen molar-refractivity contribution in [1.29, 1.82) is 0 Å². The van der Waals surface area contributed by atoms with E-state index in [1.807, 2.05) is 0 Å². The minimum Gasteiger partial charge on any atom is -0.461 e. The summed E-state index contributed by atoms with van der Waals surface area (Å²) in [6.07, 6.45) is 0. The summed E-state index contributed by atoms with van der Waals surface area (Å²) in [5.74, 6) is -0.620. The monoisotopic (exact) mass is 168 g/mol. The van der Waals surface area contributed by atoms with Crippen LogP contribution in [0.2, 0.25) is 0 Å². The van der Waals surface area contributed by atoms with Gasteiger partial charge in [-0.3, -0.25) is 0 Å². The average molecular weight is 168 g/mol. The third-order valence-corrected chi connectivity index (χ3v) is 1.67. The van der Waals surface area contributed by atoms with Crippen molar-refractivity contribution in [1.82, 2.24) is 0 Å². The lowest BCUT2D eigenvalue weighted by molar-refractivity contribution is 0.562. The Bertz CT molecular complexity index is 431. The number of benzene rings is 1. The first-order chi connectivity index (χ1) is 5.66. The smallest absolute Gasteiger partial charge is 0.140 e. The first-order valence-corrected chi connectivity index (χ1v) is 3.52. The fourth-order valence-electron chi connectivity index (χ4n) is 1.19. The van der Waals surface area contributed by atoms with E-state index in [1.165, 1.54) is 6.07 Å². The molecule has 0 spiro atoms. The van der Waals surface area contributed by atoms with Gasteiger partial charge in [0.15, 0.2) is 0 Å². The molecule has 0 unspecified atom stereocenters. The summed E-state index contributed by atoms with van der Waals surface area (Å²) in [6, 6.07) is 3.56. The van der Waals surface area contributed by atoms with Gasteiger partial charge in [0, 0.05) is 12.1 Å². The van der Waals surface area contributed by atoms with Crippen LogP contribution in [0.1, 0.15) is 5.76 Å². The molecule has 0 aliphatic rings. The normalized spacial score (nSPS) is 10.9. The van der Waals surface area contributed by atoms with Gasteiger partial charge in [0.05, 0.1) is 5.39 Å². The SMILES string of the molecule is Cc1cc2c(F)cc(F)cc2o1. The quantitative estimate of drug-likeness (QED) is 0.589. The molecule has 0 bridgehead atoms. The highest BCUT2D eigenvalue weighted by Gasteiger charge is 2.07. The maximum absolute atomic E-state index is 13.0. The highest BCUT2D eigenvalue weighted by Crippen LogP contribution is 2.22. The van der Waals surface area contributed by atoms with Crippen LogP contribution in [0, 0.1) is 18.6 Å². The van der Waals surface area contributed by atoms with Gasteiger partial charge >= 0.3 is 0 Å². The van der Waals surface area contributed by atoms with Gasteiger partial charge in [-0.2, -0.15) is 0 Å². The Hall–Kier alpha value is -1.38. The number of rotatable bonds is 0. The van der Waals surface area contributed by atoms with Crippen molar-refractivity contribution >= 4 is 11.0 Å². The first kappa shape index (κ1) is 7.28. The van der Waals surface area contributed by atoms with E-state index in [1.54, 1.807) is 13.0 Å². The fourth-order valence-corrected chi connectivity index (χ4v) is 1.19. The van der Waals surface area contributed by atoms with Crippen molar-refractivity contribution in [2.24, 2.45) is 0 Å². The molecule has 0 fully saturated rings. The number of furan rings is 1. The van der Waals surface area contributed by atoms with Gasteiger partial charge in [-0.25, -0.2) is 8.78 Å². The van der Waals surface area contributed by atoms with E-state index in [4.69, 9.17) is 4.42 Å². The third-order valence-electron chi connectivity index (χ3n) is 1.67. The van der Waals surface area contributed by atoms with E-state index >= 15 is 0 Å². The zero-order valence-corrected chi connectivity index (χ0v) is 6.40. The lowest BCUT2D eigenvalue weighted by atomic mass is 10.2. The molecule has 2 aromatic rings. The molecule has 1 aromatic heterocycles. The summed E-state index contributed by atoms with van der Waals surface area (Å²) in [6.45, 7) is 1.69. The topological polar surface area (TPSA) is 13.1 Å². The lowest BCUT2D eigenvalue weighted by Gasteiger charge is -1.90. The fraction of sp³-hybridized carbons (Fsp3) is 0.111. The van der Waals surface area contributed by atoms with Crippen molar-refractivity contribution < 1.29 is 13.2 Å². The molecular formula is C9H6F2O. The summed E-state index contributed by atoms with van der Waals surface area (Å²) < 4.78 is 30.6. The lowest BCUT2D eigenvalue weighted by Crippen LogP contribution is -1.78. The molecule has 1 nitrogen and oxygen atoms in total. The largest absolute Gasteiger partial charge is 0.461 e. The van der Waals surface area contributed by atoms with Gasteiger partial charge in [0.1, 0.15) is 23.0 Å². The average Bonchev–Trinajstić information content (AvgIpc) is 2.29. The molecule has 0 radical (unpaired) electrons. The van der Waals surface area contributed by atoms with Crippen LogP contribution in [0.25, 0.3) is 11.0 Å². The van der Waals surface area contributed by atoms with Crippen LogP contribution in [-0.2, 0) is 0 Å². The Balaban J connectivity index is 2.88. The van der Waals surface area contributed by atoms with E-state index in [0.29, 0.717) is 11.1 Å². The maximum Gasteiger partial charge on any atom is 0.140 e. The van der Waals surface area contributed by atoms with Gasteiger partial charge in [-0.1, -0.05) is 0 Å². The van der Waals surface area contributed by atoms with Gasteiger partial charge in [0.25, 0.3) is 0 Å². The van der Waals surface area contributed by atoms with Crippen molar-refractivity contribution in [3.63, 3.8) is 0 Å². The van der Waals surface area contributed by atoms with Crippen LogP contribution >= 0.6 is 0 Å². The standard InChI is InChI=1S/C9H6F2O/c1-5-2-7-8(11)3-6(10)4-9(7)12-5/h2-4H,1H3. The van der Waals surface area contributed by atoms with E-state index in [9.17, 15) is 8.78 Å². The Labute approximate surface area is 67.6 Å². The van der Waals surface area contributed by atoms with Gasteiger partial charge in [-0.05, 0) is 13.0 Å². The van der Waals surface area contributed by atoms with Crippen molar-refractivity contribution in [3.8, 4) is 0 Å². The van der Waals surface area contributed by atoms with E-state index in [0.717, 1.165) is 6.07 Å². The van der Waals surface area contributed by atoms with Crippen LogP contribution < -0.4 is 0 Å². The Morgan fingerprint density at radius 3 is 2.67 bits per heavy atom. The predicted octanol–water partition coefficient (Wildman–Crippen LogP) is 3.02. The molecule has 0 aliphatic carbocycles. The molecule has 2 rings (SSSR count). The highest BCUT2D eigenvalue weighted by atomic mass is 19.1. The molecule has 12 heavy (non-hydrogen) atoms. The molecule has 0 aliphatic heterocycles. The zero-order valence-electron chi connectivity index (χ0n) is 6.40. The molecule has 0 N–H and O–H groups in total. The van der Waals surface area contributed by atoms with Crippen LogP contribution in [0.4, 0.5) is 8.78 Å². The second kappa shape index (κ2) is 2.30. The number of aryl methyl sites for hydroxylation is 1. The van der Waals surface area contributed by atoms with Crippen molar-refractivity contribution in [3.05, 3.63) is 35.6 Å². The molecule has 0 amide bonds. The highest BCUT2D eigenvalue weighted by molar-refractivity contribution is 5.78. The molecule has 3 heteroatoms. The van der Waals surface area contributed by atoms with E-state index in [2.05, 4.69) is 0 Å². The van der Waals surface area contributed by atoms with Gasteiger partial charge in [-0.15, -0.1) is 0 Å². The van der Waals surface area contributed by atoms with Gasteiger partial charge < -0.3 is 4.42 Å². The zero-order chi connectivity index (χ0) is 8.72. The molecule has 0 saturated heterocycles. The second-order valence-electron chi connectivity index (χ2n) is 2.66. The molecular weight excluding hydrogens is 162 g/mol. The summed E-state index contributed by atoms with van der Waals surface area (Å²) in [7, 11) is 0. The number of halogens is 2. The summed E-state index contributed by atoms with van der Waals surface area (Å²) in [5.41, 5.74) is 0.255. The summed E-state index contributed by atoms with van der Waals surface area (Å²) in [4.78, 5) is 0. The van der Waals surface area contributed by atoms with Crippen LogP contribution in [-0.4, -0.2) is 0 Å². The number of hydrogen-bond acceptors (Lipinski definition) is 1. The molecule has 1 heterocycles. The maximum atomic E-state index is 13.0. The van der Waals surface area contributed by atoms with Crippen LogP contribution in [0.5, 0.6) is 0 Å². The molecule has 62 valence electrons. The minimum atomic E-state index is -0.616. The Morgan fingerprint density at radius 1 is 1.17 bits per heavy atom. The third kappa shape index (κ3) is 0.978. The Morgan fingerprint density at radius 2 is 1.92 bits per heavy atom. The summed E-state index contributed by atoms with van der Waals surface area (Å²) in [5, 5.41) is 0.328. The first-order valence-electron chi connectivity index (χ1n) is 3.52. The minimum absolute atomic E-state index is 0.255. The van der Waals surface area contributed by atoms with E-state index in [-0.39, 0.29) is 5.58 Å². The van der Waals surface area contributed by atoms with Gasteiger partial charge in [0.2, 0.25) is 0 Å². The molecule has 0 atom stereocenters. The number of fused-ring (bicyclic) bond motifs is 1. The second-order valence-corrected chi connectivity index (χ2v) is 2.66. The molecule has 0 saturated carbocycles. The van der Waals surface area contributed by atoms with E-state index < -0.39 is 11.6 Å². The predicted molar refractivity (Wildman–Crippen MR) is 40.9 cm³/mol. The summed E-state index contributed by atoms with van der Waals surface area (Å²) >= 11 is 0. The number of hydrogen-bond donors (Lipinski definition) is 0. The Kier molecular flexibility index (Phi) is 1.40. The van der Waals surface area contributed by atoms with Crippen molar-refractivity contribution in [2.45, 2.75) is 6.92 Å². The van der Waals surface area contributed by atoms with Crippen LogP contribution in [0.15, 0.2) is 22.6 Å².